The van der Waals surface area contributed by atoms with Gasteiger partial charge < -0.3 is 10.4 Å². The molecule has 1 aromatic carbocycles. The lowest BCUT2D eigenvalue weighted by Gasteiger charge is -2.13. The van der Waals surface area contributed by atoms with Gasteiger partial charge in [0.15, 0.2) is 9.84 Å². The molecule has 8 heteroatoms. The van der Waals surface area contributed by atoms with Gasteiger partial charge in [0.1, 0.15) is 5.25 Å². The molecule has 21 heavy (non-hydrogen) atoms. The molecule has 0 spiro atoms. The summed E-state index contributed by atoms with van der Waals surface area (Å²) in [4.78, 5) is 23.1. The average Bonchev–Trinajstić information content (AvgIpc) is 2.39. The summed E-state index contributed by atoms with van der Waals surface area (Å²) in [7, 11) is -3.66. The first-order valence-corrected chi connectivity index (χ1v) is 8.36. The standard InChI is InChI=1S/C13H14BrNO5S/c1-3-6-21(19,20)8(2)12(16)15-11-5-4-9(14)7-10(11)13(17)18/h3-5,7-8H,1,6H2,2H3,(H,15,16)(H,17,18). The van der Waals surface area contributed by atoms with Crippen LogP contribution in [0.1, 0.15) is 17.3 Å². The van der Waals surface area contributed by atoms with Gasteiger partial charge in [-0.05, 0) is 25.1 Å². The first kappa shape index (κ1) is 17.4. The third-order valence-electron chi connectivity index (χ3n) is 2.73. The summed E-state index contributed by atoms with van der Waals surface area (Å²) in [6.45, 7) is 4.57. The first-order valence-electron chi connectivity index (χ1n) is 5.85. The minimum Gasteiger partial charge on any atom is -0.478 e. The van der Waals surface area contributed by atoms with Crippen LogP contribution in [0.3, 0.4) is 0 Å². The summed E-state index contributed by atoms with van der Waals surface area (Å²) in [5.74, 6) is -2.34. The van der Waals surface area contributed by atoms with Crippen LogP contribution in [0.4, 0.5) is 5.69 Å². The second kappa shape index (κ2) is 6.86. The summed E-state index contributed by atoms with van der Waals surface area (Å²) in [5, 5.41) is 10.1. The number of aromatic carboxylic acids is 1. The fourth-order valence-corrected chi connectivity index (χ4v) is 2.87. The molecule has 2 N–H and O–H groups in total. The second-order valence-corrected chi connectivity index (χ2v) is 7.53. The Morgan fingerprint density at radius 2 is 2.10 bits per heavy atom. The van der Waals surface area contributed by atoms with Crippen LogP contribution >= 0.6 is 15.9 Å². The van der Waals surface area contributed by atoms with Gasteiger partial charge in [-0.3, -0.25) is 4.79 Å². The van der Waals surface area contributed by atoms with E-state index < -0.39 is 27.0 Å². The van der Waals surface area contributed by atoms with E-state index in [0.29, 0.717) is 4.47 Å². The summed E-state index contributed by atoms with van der Waals surface area (Å²) >= 11 is 3.13. The maximum absolute atomic E-state index is 12.0. The molecule has 1 atom stereocenters. The van der Waals surface area contributed by atoms with Gasteiger partial charge in [-0.2, -0.15) is 0 Å². The number of anilines is 1. The summed E-state index contributed by atoms with van der Waals surface area (Å²) in [5.41, 5.74) is -0.0950. The van der Waals surface area contributed by atoms with Crippen molar-refractivity contribution in [1.29, 1.82) is 0 Å². The Hall–Kier alpha value is -1.67. The minimum absolute atomic E-state index is 0.0383. The fourth-order valence-electron chi connectivity index (χ4n) is 1.51. The van der Waals surface area contributed by atoms with Gasteiger partial charge in [0, 0.05) is 4.47 Å². The number of carbonyl (C=O) groups is 2. The number of carboxylic acids is 1. The van der Waals surface area contributed by atoms with E-state index in [1.165, 1.54) is 25.1 Å². The predicted octanol–water partition coefficient (Wildman–Crippen LogP) is 2.08. The van der Waals surface area contributed by atoms with Crippen molar-refractivity contribution in [3.63, 3.8) is 0 Å². The molecule has 114 valence electrons. The normalized spacial score (nSPS) is 12.5. The number of rotatable bonds is 6. The Morgan fingerprint density at radius 1 is 1.48 bits per heavy atom. The highest BCUT2D eigenvalue weighted by atomic mass is 79.9. The van der Waals surface area contributed by atoms with E-state index in [-0.39, 0.29) is 17.0 Å². The van der Waals surface area contributed by atoms with Gasteiger partial charge in [-0.15, -0.1) is 6.58 Å². The molecule has 0 heterocycles. The third kappa shape index (κ3) is 4.40. The molecule has 0 bridgehead atoms. The van der Waals surface area contributed by atoms with Gasteiger partial charge in [0.2, 0.25) is 5.91 Å². The molecule has 0 aromatic heterocycles. The van der Waals surface area contributed by atoms with E-state index in [2.05, 4.69) is 27.8 Å². The highest BCUT2D eigenvalue weighted by Crippen LogP contribution is 2.21. The molecule has 0 aliphatic rings. The molecule has 0 fully saturated rings. The molecule has 6 nitrogen and oxygen atoms in total. The smallest absolute Gasteiger partial charge is 0.337 e. The Kier molecular flexibility index (Phi) is 5.68. The molecule has 0 radical (unpaired) electrons. The van der Waals surface area contributed by atoms with Crippen molar-refractivity contribution in [2.24, 2.45) is 0 Å². The quantitative estimate of drug-likeness (QED) is 0.741. The monoisotopic (exact) mass is 375 g/mol. The maximum Gasteiger partial charge on any atom is 0.337 e. The predicted molar refractivity (Wildman–Crippen MR) is 83.2 cm³/mol. The molecule has 0 saturated heterocycles. The van der Waals surface area contributed by atoms with E-state index >= 15 is 0 Å². The number of sulfone groups is 1. The average molecular weight is 376 g/mol. The molecular formula is C13H14BrNO5S. The molecule has 0 saturated carbocycles. The maximum atomic E-state index is 12.0. The molecule has 0 aliphatic carbocycles. The van der Waals surface area contributed by atoms with E-state index in [0.717, 1.165) is 0 Å². The van der Waals surface area contributed by atoms with Crippen molar-refractivity contribution in [2.45, 2.75) is 12.2 Å². The summed E-state index contributed by atoms with van der Waals surface area (Å²) < 4.78 is 24.1. The van der Waals surface area contributed by atoms with Crippen LogP contribution in [0.2, 0.25) is 0 Å². The van der Waals surface area contributed by atoms with Crippen LogP contribution in [-0.4, -0.2) is 36.4 Å². The zero-order chi connectivity index (χ0) is 16.2. The number of benzene rings is 1. The van der Waals surface area contributed by atoms with Crippen molar-refractivity contribution in [2.75, 3.05) is 11.1 Å². The van der Waals surface area contributed by atoms with E-state index in [1.807, 2.05) is 0 Å². The summed E-state index contributed by atoms with van der Waals surface area (Å²) in [6.07, 6.45) is 1.20. The zero-order valence-corrected chi connectivity index (χ0v) is 13.6. The highest BCUT2D eigenvalue weighted by molar-refractivity contribution is 9.10. The van der Waals surface area contributed by atoms with Gasteiger partial charge in [-0.1, -0.05) is 22.0 Å². The Labute approximate surface area is 130 Å². The number of amides is 1. The number of nitrogens with one attached hydrogen (secondary N) is 1. The van der Waals surface area contributed by atoms with Crippen LogP contribution < -0.4 is 5.32 Å². The van der Waals surface area contributed by atoms with Gasteiger partial charge >= 0.3 is 5.97 Å². The van der Waals surface area contributed by atoms with Crippen molar-refractivity contribution in [3.8, 4) is 0 Å². The van der Waals surface area contributed by atoms with Gasteiger partial charge in [0.25, 0.3) is 0 Å². The molecule has 1 rings (SSSR count). The van der Waals surface area contributed by atoms with Crippen molar-refractivity contribution in [1.82, 2.24) is 0 Å². The van der Waals surface area contributed by atoms with Crippen LogP contribution in [0.15, 0.2) is 35.3 Å². The number of carbonyl (C=O) groups excluding carboxylic acids is 1. The van der Waals surface area contributed by atoms with Crippen LogP contribution in [0.25, 0.3) is 0 Å². The van der Waals surface area contributed by atoms with Crippen LogP contribution in [0, 0.1) is 0 Å². The first-order chi connectivity index (χ1) is 9.69. The number of hydrogen-bond acceptors (Lipinski definition) is 4. The minimum atomic E-state index is -3.66. The Morgan fingerprint density at radius 3 is 2.62 bits per heavy atom. The second-order valence-electron chi connectivity index (χ2n) is 4.24. The van der Waals surface area contributed by atoms with Crippen LogP contribution in [0.5, 0.6) is 0 Å². The largest absolute Gasteiger partial charge is 0.478 e. The number of carboxylic acid groups (broad SMARTS) is 1. The molecule has 0 aliphatic heterocycles. The van der Waals surface area contributed by atoms with Crippen LogP contribution in [-0.2, 0) is 14.6 Å². The SMILES string of the molecule is C=CCS(=O)(=O)C(C)C(=O)Nc1ccc(Br)cc1C(=O)O. The number of hydrogen-bond donors (Lipinski definition) is 2. The molecule has 1 aromatic rings. The fraction of sp³-hybridized carbons (Fsp3) is 0.231. The van der Waals surface area contributed by atoms with Crippen molar-refractivity contribution < 1.29 is 23.1 Å². The van der Waals surface area contributed by atoms with Gasteiger partial charge in [-0.25, -0.2) is 13.2 Å². The molecule has 1 amide bonds. The molecular weight excluding hydrogens is 362 g/mol. The van der Waals surface area contributed by atoms with Crippen molar-refractivity contribution in [3.05, 3.63) is 40.9 Å². The topological polar surface area (TPSA) is 101 Å². The van der Waals surface area contributed by atoms with Crippen molar-refractivity contribution >= 4 is 43.3 Å². The summed E-state index contributed by atoms with van der Waals surface area (Å²) in [6, 6.07) is 4.25. The Balaban J connectivity index is 3.04. The van der Waals surface area contributed by atoms with E-state index in [9.17, 15) is 18.0 Å². The zero-order valence-electron chi connectivity index (χ0n) is 11.2. The molecule has 1 unspecified atom stereocenters. The third-order valence-corrected chi connectivity index (χ3v) is 5.21. The van der Waals surface area contributed by atoms with Gasteiger partial charge in [0.05, 0.1) is 17.0 Å². The van der Waals surface area contributed by atoms with E-state index in [4.69, 9.17) is 5.11 Å². The highest BCUT2D eigenvalue weighted by Gasteiger charge is 2.27. The lowest BCUT2D eigenvalue weighted by molar-refractivity contribution is -0.115. The number of halogens is 1. The van der Waals surface area contributed by atoms with E-state index in [1.54, 1.807) is 6.07 Å². The lowest BCUT2D eigenvalue weighted by Crippen LogP contribution is -2.34. The Bertz CT molecular complexity index is 684. The lowest BCUT2D eigenvalue weighted by atomic mass is 10.2.